The maximum Gasteiger partial charge on any atom is 0.451 e. The predicted molar refractivity (Wildman–Crippen MR) is 59.4 cm³/mol. The number of hydrogen-bond acceptors (Lipinski definition) is 4. The molecule has 2 aromatic rings. The number of nitrogens with zero attached hydrogens (tertiary/aromatic N) is 3. The Morgan fingerprint density at radius 2 is 1.89 bits per heavy atom. The molecule has 0 unspecified atom stereocenters. The van der Waals surface area contributed by atoms with E-state index in [2.05, 4.69) is 15.0 Å². The second-order valence-corrected chi connectivity index (χ2v) is 3.69. The zero-order valence-corrected chi connectivity index (χ0v) is 9.36. The Morgan fingerprint density at radius 3 is 2.44 bits per heavy atom. The average Bonchev–Trinajstić information content (AvgIpc) is 2.28. The van der Waals surface area contributed by atoms with Gasteiger partial charge in [-0.25, -0.2) is 9.97 Å². The zero-order valence-electron chi connectivity index (χ0n) is 9.36. The number of aromatic nitrogens is 3. The highest BCUT2D eigenvalue weighted by Crippen LogP contribution is 2.29. The van der Waals surface area contributed by atoms with Crippen LogP contribution in [0.2, 0.25) is 0 Å². The third-order valence-electron chi connectivity index (χ3n) is 2.21. The Labute approximate surface area is 101 Å². The Hall–Kier alpha value is -2.18. The number of alkyl halides is 3. The van der Waals surface area contributed by atoms with E-state index in [1.165, 1.54) is 12.3 Å². The SMILES string of the molecule is Cc1ccc(-c2cc(N)nc(C(F)(F)F)n2)cn1. The summed E-state index contributed by atoms with van der Waals surface area (Å²) in [4.78, 5) is 10.6. The van der Waals surface area contributed by atoms with Crippen molar-refractivity contribution in [1.82, 2.24) is 15.0 Å². The topological polar surface area (TPSA) is 64.7 Å². The molecule has 0 atom stereocenters. The van der Waals surface area contributed by atoms with Crippen molar-refractivity contribution in [1.29, 1.82) is 0 Å². The Balaban J connectivity index is 2.52. The largest absolute Gasteiger partial charge is 0.451 e. The van der Waals surface area contributed by atoms with Crippen LogP contribution >= 0.6 is 0 Å². The van der Waals surface area contributed by atoms with Gasteiger partial charge >= 0.3 is 6.18 Å². The third-order valence-corrected chi connectivity index (χ3v) is 2.21. The smallest absolute Gasteiger partial charge is 0.384 e. The molecule has 0 radical (unpaired) electrons. The van der Waals surface area contributed by atoms with E-state index in [9.17, 15) is 13.2 Å². The molecule has 0 aliphatic heterocycles. The number of hydrogen-bond donors (Lipinski definition) is 1. The molecule has 7 heteroatoms. The van der Waals surface area contributed by atoms with Crippen LogP contribution < -0.4 is 5.73 Å². The van der Waals surface area contributed by atoms with Gasteiger partial charge in [-0.2, -0.15) is 13.2 Å². The zero-order chi connectivity index (χ0) is 13.3. The molecule has 4 nitrogen and oxygen atoms in total. The summed E-state index contributed by atoms with van der Waals surface area (Å²) in [6.07, 6.45) is -3.18. The third kappa shape index (κ3) is 2.55. The summed E-state index contributed by atoms with van der Waals surface area (Å²) in [7, 11) is 0. The molecule has 0 spiro atoms. The molecule has 0 fully saturated rings. The first-order valence-electron chi connectivity index (χ1n) is 5.01. The first kappa shape index (κ1) is 12.3. The molecule has 2 rings (SSSR count). The molecule has 0 amide bonds. The van der Waals surface area contributed by atoms with E-state index in [1.54, 1.807) is 19.1 Å². The number of nitrogens with two attached hydrogens (primary N) is 1. The van der Waals surface area contributed by atoms with Crippen LogP contribution in [0.5, 0.6) is 0 Å². The molecule has 0 bridgehead atoms. The minimum absolute atomic E-state index is 0.0994. The fourth-order valence-corrected chi connectivity index (χ4v) is 1.36. The van der Waals surface area contributed by atoms with Crippen molar-refractivity contribution >= 4 is 5.82 Å². The van der Waals surface area contributed by atoms with Crippen LogP contribution in [0.1, 0.15) is 11.5 Å². The highest BCUT2D eigenvalue weighted by molar-refractivity contribution is 5.60. The second-order valence-electron chi connectivity index (χ2n) is 3.69. The molecule has 0 aliphatic carbocycles. The van der Waals surface area contributed by atoms with Crippen LogP contribution in [-0.4, -0.2) is 15.0 Å². The minimum Gasteiger partial charge on any atom is -0.384 e. The highest BCUT2D eigenvalue weighted by atomic mass is 19.4. The van der Waals surface area contributed by atoms with Gasteiger partial charge in [0.1, 0.15) is 5.82 Å². The Morgan fingerprint density at radius 1 is 1.17 bits per heavy atom. The summed E-state index contributed by atoms with van der Waals surface area (Å²) >= 11 is 0. The van der Waals surface area contributed by atoms with Gasteiger partial charge in [-0.05, 0) is 19.1 Å². The van der Waals surface area contributed by atoms with Crippen molar-refractivity contribution in [3.05, 3.63) is 35.9 Å². The van der Waals surface area contributed by atoms with Crippen molar-refractivity contribution in [2.45, 2.75) is 13.1 Å². The fourth-order valence-electron chi connectivity index (χ4n) is 1.36. The van der Waals surface area contributed by atoms with Crippen LogP contribution in [0.25, 0.3) is 11.3 Å². The van der Waals surface area contributed by atoms with E-state index in [1.807, 2.05) is 0 Å². The van der Waals surface area contributed by atoms with Gasteiger partial charge < -0.3 is 5.73 Å². The normalized spacial score (nSPS) is 11.6. The lowest BCUT2D eigenvalue weighted by atomic mass is 10.2. The number of rotatable bonds is 1. The number of aryl methyl sites for hydroxylation is 1. The van der Waals surface area contributed by atoms with Gasteiger partial charge in [0, 0.05) is 23.5 Å². The van der Waals surface area contributed by atoms with E-state index in [4.69, 9.17) is 5.73 Å². The summed E-state index contributed by atoms with van der Waals surface area (Å²) in [5.74, 6) is -1.48. The van der Waals surface area contributed by atoms with Crippen LogP contribution in [0.4, 0.5) is 19.0 Å². The van der Waals surface area contributed by atoms with Crippen LogP contribution in [-0.2, 0) is 6.18 Å². The van der Waals surface area contributed by atoms with Crippen molar-refractivity contribution < 1.29 is 13.2 Å². The van der Waals surface area contributed by atoms with Gasteiger partial charge in [0.05, 0.1) is 5.69 Å². The molecule has 2 aromatic heterocycles. The van der Waals surface area contributed by atoms with E-state index in [0.29, 0.717) is 5.56 Å². The van der Waals surface area contributed by atoms with Gasteiger partial charge in [0.25, 0.3) is 0 Å². The summed E-state index contributed by atoms with van der Waals surface area (Å²) in [6.45, 7) is 1.78. The van der Waals surface area contributed by atoms with Crippen molar-refractivity contribution in [3.63, 3.8) is 0 Å². The summed E-state index contributed by atoms with van der Waals surface area (Å²) < 4.78 is 37.6. The molecule has 0 saturated carbocycles. The van der Waals surface area contributed by atoms with Crippen molar-refractivity contribution in [3.8, 4) is 11.3 Å². The van der Waals surface area contributed by atoms with Gasteiger partial charge in [0.2, 0.25) is 5.82 Å². The lowest BCUT2D eigenvalue weighted by Crippen LogP contribution is -2.13. The minimum atomic E-state index is -4.62. The van der Waals surface area contributed by atoms with Crippen LogP contribution in [0.15, 0.2) is 24.4 Å². The van der Waals surface area contributed by atoms with Gasteiger partial charge in [-0.15, -0.1) is 0 Å². The summed E-state index contributed by atoms with van der Waals surface area (Å²) in [6, 6.07) is 4.59. The lowest BCUT2D eigenvalue weighted by molar-refractivity contribution is -0.144. The van der Waals surface area contributed by atoms with Gasteiger partial charge in [-0.3, -0.25) is 4.98 Å². The Bertz CT molecular complexity index is 563. The molecule has 0 saturated heterocycles. The van der Waals surface area contributed by atoms with Gasteiger partial charge in [0.15, 0.2) is 0 Å². The maximum atomic E-state index is 12.5. The molecule has 94 valence electrons. The number of pyridine rings is 1. The van der Waals surface area contributed by atoms with Crippen LogP contribution in [0, 0.1) is 6.92 Å². The van der Waals surface area contributed by atoms with E-state index >= 15 is 0 Å². The lowest BCUT2D eigenvalue weighted by Gasteiger charge is -2.08. The quantitative estimate of drug-likeness (QED) is 0.848. The molecule has 2 heterocycles. The molecular formula is C11H9F3N4. The molecule has 0 aliphatic rings. The van der Waals surface area contributed by atoms with E-state index in [0.717, 1.165) is 5.69 Å². The Kier molecular flexibility index (Phi) is 2.90. The molecule has 2 N–H and O–H groups in total. The van der Waals surface area contributed by atoms with E-state index < -0.39 is 12.0 Å². The fraction of sp³-hybridized carbons (Fsp3) is 0.182. The molecule has 0 aromatic carbocycles. The highest BCUT2D eigenvalue weighted by Gasteiger charge is 2.35. The maximum absolute atomic E-state index is 12.5. The predicted octanol–water partition coefficient (Wildman–Crippen LogP) is 2.45. The average molecular weight is 254 g/mol. The van der Waals surface area contributed by atoms with Gasteiger partial charge in [-0.1, -0.05) is 0 Å². The van der Waals surface area contributed by atoms with Crippen molar-refractivity contribution in [2.24, 2.45) is 0 Å². The second kappa shape index (κ2) is 4.25. The summed E-state index contributed by atoms with van der Waals surface area (Å²) in [5.41, 5.74) is 6.67. The standard InChI is InChI=1S/C11H9F3N4/c1-6-2-3-7(5-16-6)8-4-9(15)18-10(17-8)11(12,13)14/h2-5H,1H3,(H2,15,17,18). The first-order chi connectivity index (χ1) is 8.36. The number of anilines is 1. The molecule has 18 heavy (non-hydrogen) atoms. The first-order valence-corrected chi connectivity index (χ1v) is 5.01. The van der Waals surface area contributed by atoms with E-state index in [-0.39, 0.29) is 11.5 Å². The van der Waals surface area contributed by atoms with Crippen LogP contribution in [0.3, 0.4) is 0 Å². The number of nitrogen functional groups attached to an aromatic ring is 1. The molecular weight excluding hydrogens is 245 g/mol. The van der Waals surface area contributed by atoms with Crippen molar-refractivity contribution in [2.75, 3.05) is 5.73 Å². The number of halogens is 3. The summed E-state index contributed by atoms with van der Waals surface area (Å²) in [5, 5.41) is 0. The monoisotopic (exact) mass is 254 g/mol.